The number of halogens is 1. The van der Waals surface area contributed by atoms with Crippen molar-refractivity contribution in [3.63, 3.8) is 0 Å². The lowest BCUT2D eigenvalue weighted by Gasteiger charge is -2.08. The summed E-state index contributed by atoms with van der Waals surface area (Å²) in [5.74, 6) is -0.321. The maximum atomic E-state index is 12.2. The highest BCUT2D eigenvalue weighted by Crippen LogP contribution is 2.35. The molecule has 0 bridgehead atoms. The molecule has 29 heavy (non-hydrogen) atoms. The fraction of sp³-hybridized carbons (Fsp3) is 0.143. The van der Waals surface area contributed by atoms with E-state index >= 15 is 0 Å². The molecule has 3 N–H and O–H groups in total. The van der Waals surface area contributed by atoms with Crippen molar-refractivity contribution in [2.24, 2.45) is 0 Å². The van der Waals surface area contributed by atoms with Gasteiger partial charge in [-0.3, -0.25) is 0 Å². The van der Waals surface area contributed by atoms with Gasteiger partial charge in [-0.1, -0.05) is 35.9 Å². The zero-order valence-corrected chi connectivity index (χ0v) is 17.1. The number of anilines is 1. The van der Waals surface area contributed by atoms with E-state index < -0.39 is 12.0 Å². The van der Waals surface area contributed by atoms with Gasteiger partial charge in [0.2, 0.25) is 0 Å². The molecule has 150 valence electrons. The molecule has 0 aliphatic rings. The van der Waals surface area contributed by atoms with Gasteiger partial charge >= 0.3 is 12.0 Å². The van der Waals surface area contributed by atoms with Crippen LogP contribution in [-0.4, -0.2) is 30.8 Å². The summed E-state index contributed by atoms with van der Waals surface area (Å²) in [4.78, 5) is 24.6. The molecule has 3 aromatic rings. The van der Waals surface area contributed by atoms with E-state index in [1.807, 2.05) is 24.3 Å². The van der Waals surface area contributed by atoms with Gasteiger partial charge in [-0.05, 0) is 47.9 Å². The quantitative estimate of drug-likeness (QED) is 0.484. The third-order valence-corrected chi connectivity index (χ3v) is 5.59. The minimum atomic E-state index is -1.09. The van der Waals surface area contributed by atoms with Gasteiger partial charge in [0.05, 0.1) is 12.8 Å². The van der Waals surface area contributed by atoms with Crippen LogP contribution in [0.5, 0.6) is 5.75 Å². The van der Waals surface area contributed by atoms with E-state index in [9.17, 15) is 14.7 Å². The van der Waals surface area contributed by atoms with Crippen molar-refractivity contribution in [3.8, 4) is 16.2 Å². The predicted molar refractivity (Wildman–Crippen MR) is 115 cm³/mol. The average Bonchev–Trinajstić information content (AvgIpc) is 3.13. The number of thiophene rings is 1. The molecule has 1 heterocycles. The van der Waals surface area contributed by atoms with Crippen LogP contribution in [0.1, 0.15) is 15.2 Å². The summed E-state index contributed by atoms with van der Waals surface area (Å²) in [6, 6.07) is 15.8. The van der Waals surface area contributed by atoms with E-state index in [0.29, 0.717) is 18.0 Å². The van der Waals surface area contributed by atoms with Gasteiger partial charge in [0.15, 0.2) is 0 Å². The zero-order chi connectivity index (χ0) is 20.8. The standard InChI is InChI=1S/C21H19ClN2O4S/c1-28-16-8-2-13(3-9-16)10-11-23-21(27)24-17-12-18(29-19(17)20(25)26)14-4-6-15(22)7-5-14/h2-9,12H,10-11H2,1H3,(H,25,26)(H2,23,24,27). The number of aromatic carboxylic acids is 1. The summed E-state index contributed by atoms with van der Waals surface area (Å²) in [6.45, 7) is 0.411. The van der Waals surface area contributed by atoms with Crippen LogP contribution in [0.25, 0.3) is 10.4 Å². The highest BCUT2D eigenvalue weighted by Gasteiger charge is 2.18. The smallest absolute Gasteiger partial charge is 0.348 e. The maximum Gasteiger partial charge on any atom is 0.348 e. The number of carboxylic acids is 1. The van der Waals surface area contributed by atoms with Crippen LogP contribution in [0.3, 0.4) is 0 Å². The van der Waals surface area contributed by atoms with Gasteiger partial charge in [-0.15, -0.1) is 11.3 Å². The molecule has 0 radical (unpaired) electrons. The molecule has 8 heteroatoms. The summed E-state index contributed by atoms with van der Waals surface area (Å²) in [5.41, 5.74) is 2.14. The first-order valence-electron chi connectivity index (χ1n) is 8.77. The SMILES string of the molecule is COc1ccc(CCNC(=O)Nc2cc(-c3ccc(Cl)cc3)sc2C(=O)O)cc1. The summed E-state index contributed by atoms with van der Waals surface area (Å²) in [7, 11) is 1.61. The van der Waals surface area contributed by atoms with Crippen molar-refractivity contribution in [1.82, 2.24) is 5.32 Å². The van der Waals surface area contributed by atoms with Crippen LogP contribution in [0.2, 0.25) is 5.02 Å². The minimum Gasteiger partial charge on any atom is -0.497 e. The van der Waals surface area contributed by atoms with Crippen molar-refractivity contribution in [2.45, 2.75) is 6.42 Å². The lowest BCUT2D eigenvalue weighted by Crippen LogP contribution is -2.30. The molecule has 2 amide bonds. The van der Waals surface area contributed by atoms with Crippen molar-refractivity contribution < 1.29 is 19.4 Å². The third-order valence-electron chi connectivity index (χ3n) is 4.16. The highest BCUT2D eigenvalue weighted by molar-refractivity contribution is 7.18. The number of carboxylic acid groups (broad SMARTS) is 1. The molecule has 0 fully saturated rings. The number of methoxy groups -OCH3 is 1. The van der Waals surface area contributed by atoms with Crippen LogP contribution < -0.4 is 15.4 Å². The number of ether oxygens (including phenoxy) is 1. The van der Waals surface area contributed by atoms with E-state index in [1.165, 1.54) is 0 Å². The summed E-state index contributed by atoms with van der Waals surface area (Å²) < 4.78 is 5.12. The summed E-state index contributed by atoms with van der Waals surface area (Å²) in [5, 5.41) is 15.4. The van der Waals surface area contributed by atoms with E-state index in [0.717, 1.165) is 33.1 Å². The second-order valence-corrected chi connectivity index (χ2v) is 7.63. The zero-order valence-electron chi connectivity index (χ0n) is 15.6. The Morgan fingerprint density at radius 3 is 2.41 bits per heavy atom. The molecular formula is C21H19ClN2O4S. The molecule has 3 rings (SSSR count). The molecule has 0 aliphatic heterocycles. The van der Waals surface area contributed by atoms with Crippen LogP contribution in [0.4, 0.5) is 10.5 Å². The lowest BCUT2D eigenvalue weighted by molar-refractivity contribution is 0.0703. The monoisotopic (exact) mass is 430 g/mol. The minimum absolute atomic E-state index is 0.0697. The Morgan fingerprint density at radius 1 is 1.10 bits per heavy atom. The second kappa shape index (κ2) is 9.45. The molecule has 0 saturated carbocycles. The first-order valence-corrected chi connectivity index (χ1v) is 9.96. The normalized spacial score (nSPS) is 10.4. The number of rotatable bonds is 7. The number of carbonyl (C=O) groups is 2. The van der Waals surface area contributed by atoms with E-state index in [1.54, 1.807) is 37.4 Å². The van der Waals surface area contributed by atoms with E-state index in [2.05, 4.69) is 10.6 Å². The second-order valence-electron chi connectivity index (χ2n) is 6.14. The van der Waals surface area contributed by atoms with Crippen molar-refractivity contribution in [3.05, 3.63) is 70.1 Å². The van der Waals surface area contributed by atoms with Gasteiger partial charge in [0.1, 0.15) is 10.6 Å². The number of carbonyl (C=O) groups excluding carboxylic acids is 1. The van der Waals surface area contributed by atoms with Crippen LogP contribution in [-0.2, 0) is 6.42 Å². The Hall–Kier alpha value is -3.03. The molecule has 0 atom stereocenters. The van der Waals surface area contributed by atoms with Crippen molar-refractivity contribution >= 4 is 40.6 Å². The fourth-order valence-electron chi connectivity index (χ4n) is 2.68. The fourth-order valence-corrected chi connectivity index (χ4v) is 3.76. The number of amides is 2. The van der Waals surface area contributed by atoms with Gasteiger partial charge in [-0.2, -0.15) is 0 Å². The lowest BCUT2D eigenvalue weighted by atomic mass is 10.1. The molecule has 0 aliphatic carbocycles. The highest BCUT2D eigenvalue weighted by atomic mass is 35.5. The van der Waals surface area contributed by atoms with Crippen molar-refractivity contribution in [1.29, 1.82) is 0 Å². The molecular weight excluding hydrogens is 412 g/mol. The predicted octanol–water partition coefficient (Wildman–Crippen LogP) is 5.14. The Bertz CT molecular complexity index is 1000. The summed E-state index contributed by atoms with van der Waals surface area (Å²) >= 11 is 7.00. The topological polar surface area (TPSA) is 87.7 Å². The third kappa shape index (κ3) is 5.49. The number of benzene rings is 2. The first-order chi connectivity index (χ1) is 14.0. The van der Waals surface area contributed by atoms with Crippen LogP contribution >= 0.6 is 22.9 Å². The molecule has 0 unspecified atom stereocenters. The molecule has 0 spiro atoms. The molecule has 6 nitrogen and oxygen atoms in total. The van der Waals surface area contributed by atoms with Crippen LogP contribution in [0, 0.1) is 0 Å². The first kappa shape index (κ1) is 20.7. The largest absolute Gasteiger partial charge is 0.497 e. The Balaban J connectivity index is 1.62. The van der Waals surface area contributed by atoms with Crippen LogP contribution in [0.15, 0.2) is 54.6 Å². The van der Waals surface area contributed by atoms with Crippen molar-refractivity contribution in [2.75, 3.05) is 19.0 Å². The Labute approximate surface area is 177 Å². The van der Waals surface area contributed by atoms with Gasteiger partial charge in [0.25, 0.3) is 0 Å². The van der Waals surface area contributed by atoms with Gasteiger partial charge < -0.3 is 20.5 Å². The maximum absolute atomic E-state index is 12.2. The number of nitrogens with one attached hydrogen (secondary N) is 2. The number of hydrogen-bond donors (Lipinski definition) is 3. The molecule has 2 aromatic carbocycles. The summed E-state index contributed by atoms with van der Waals surface area (Å²) in [6.07, 6.45) is 0.642. The average molecular weight is 431 g/mol. The number of hydrogen-bond acceptors (Lipinski definition) is 4. The van der Waals surface area contributed by atoms with E-state index in [4.69, 9.17) is 16.3 Å². The Morgan fingerprint density at radius 2 is 1.79 bits per heavy atom. The van der Waals surface area contributed by atoms with Gasteiger partial charge in [-0.25, -0.2) is 9.59 Å². The Kier molecular flexibility index (Phi) is 6.74. The molecule has 0 saturated heterocycles. The van der Waals surface area contributed by atoms with E-state index in [-0.39, 0.29) is 10.6 Å². The number of urea groups is 1. The molecule has 1 aromatic heterocycles. The van der Waals surface area contributed by atoms with Gasteiger partial charge in [0, 0.05) is 16.4 Å².